The van der Waals surface area contributed by atoms with Gasteiger partial charge in [0.15, 0.2) is 9.84 Å². The topological polar surface area (TPSA) is 86.8 Å². The molecule has 24 heavy (non-hydrogen) atoms. The minimum Gasteiger partial charge on any atom is -0.340 e. The van der Waals surface area contributed by atoms with Crippen LogP contribution in [-0.4, -0.2) is 69.0 Å². The summed E-state index contributed by atoms with van der Waals surface area (Å²) >= 11 is 0. The highest BCUT2D eigenvalue weighted by molar-refractivity contribution is 7.91. The van der Waals surface area contributed by atoms with Gasteiger partial charge in [-0.05, 0) is 31.3 Å². The van der Waals surface area contributed by atoms with E-state index >= 15 is 0 Å². The molecule has 0 aliphatic carbocycles. The molecule has 1 N–H and O–H groups in total. The van der Waals surface area contributed by atoms with E-state index in [0.717, 1.165) is 13.1 Å². The monoisotopic (exact) mass is 353 g/mol. The van der Waals surface area contributed by atoms with Crippen LogP contribution < -0.4 is 5.32 Å². The number of hydrogen-bond donors (Lipinski definition) is 1. The lowest BCUT2D eigenvalue weighted by molar-refractivity contribution is -0.132. The van der Waals surface area contributed by atoms with Crippen LogP contribution in [-0.2, 0) is 19.4 Å². The molecular weight excluding hydrogens is 330 g/mol. The third-order valence-corrected chi connectivity index (χ3v) is 5.71. The van der Waals surface area contributed by atoms with E-state index in [4.69, 9.17) is 0 Å². The number of amides is 2. The van der Waals surface area contributed by atoms with Crippen LogP contribution in [0.3, 0.4) is 0 Å². The van der Waals surface area contributed by atoms with Crippen molar-refractivity contribution in [1.29, 1.82) is 0 Å². The van der Waals surface area contributed by atoms with Gasteiger partial charge >= 0.3 is 0 Å². The Morgan fingerprint density at radius 2 is 1.67 bits per heavy atom. The molecule has 1 heterocycles. The predicted octanol–water partition coefficient (Wildman–Crippen LogP) is 0.583. The van der Waals surface area contributed by atoms with E-state index in [0.29, 0.717) is 18.8 Å². The molecule has 0 bridgehead atoms. The molecule has 0 aromatic heterocycles. The molecule has 1 fully saturated rings. The average molecular weight is 353 g/mol. The number of nitrogens with zero attached hydrogens (tertiary/aromatic N) is 2. The van der Waals surface area contributed by atoms with Gasteiger partial charge in [-0.25, -0.2) is 8.42 Å². The second kappa shape index (κ2) is 7.76. The lowest BCUT2D eigenvalue weighted by Crippen LogP contribution is -2.47. The van der Waals surface area contributed by atoms with E-state index in [1.54, 1.807) is 4.90 Å². The van der Waals surface area contributed by atoms with Gasteiger partial charge in [0.05, 0.1) is 10.6 Å². The Hall–Kier alpha value is -1.93. The zero-order valence-corrected chi connectivity index (χ0v) is 14.8. The number of piperazine rings is 1. The predicted molar refractivity (Wildman–Crippen MR) is 91.5 cm³/mol. The van der Waals surface area contributed by atoms with Crippen molar-refractivity contribution in [2.45, 2.75) is 18.2 Å². The molecule has 0 atom stereocenters. The van der Waals surface area contributed by atoms with E-state index in [1.807, 2.05) is 7.05 Å². The summed E-state index contributed by atoms with van der Waals surface area (Å²) in [6.45, 7) is 4.28. The fourth-order valence-corrected chi connectivity index (χ4v) is 3.73. The van der Waals surface area contributed by atoms with Crippen molar-refractivity contribution in [2.24, 2.45) is 0 Å². The molecule has 0 spiro atoms. The van der Waals surface area contributed by atoms with Crippen molar-refractivity contribution in [3.8, 4) is 0 Å². The van der Waals surface area contributed by atoms with E-state index < -0.39 is 9.84 Å². The van der Waals surface area contributed by atoms with Gasteiger partial charge in [-0.1, -0.05) is 0 Å². The van der Waals surface area contributed by atoms with Gasteiger partial charge in [-0.3, -0.25) is 9.59 Å². The van der Waals surface area contributed by atoms with Crippen LogP contribution in [0.15, 0.2) is 29.2 Å². The molecule has 8 heteroatoms. The highest BCUT2D eigenvalue weighted by Gasteiger charge is 2.22. The second-order valence-corrected chi connectivity index (χ2v) is 8.07. The second-order valence-electron chi connectivity index (χ2n) is 5.96. The third-order valence-electron chi connectivity index (χ3n) is 3.97. The number of nitrogens with one attached hydrogen (secondary N) is 1. The maximum atomic E-state index is 12.3. The van der Waals surface area contributed by atoms with Gasteiger partial charge in [0.25, 0.3) is 0 Å². The van der Waals surface area contributed by atoms with Crippen LogP contribution >= 0.6 is 0 Å². The highest BCUT2D eigenvalue weighted by Crippen LogP contribution is 2.16. The standard InChI is InChI=1S/C16H23N3O4S/c1-13(20)17-14-3-5-15(6-4-14)24(22,23)12-7-16(21)19-10-8-18(2)9-11-19/h3-6H,7-12H2,1-2H3,(H,17,20). The summed E-state index contributed by atoms with van der Waals surface area (Å²) in [5.41, 5.74) is 0.537. The molecule has 132 valence electrons. The number of likely N-dealkylation sites (N-methyl/N-ethyl adjacent to an activating group) is 1. The molecule has 2 amide bonds. The lowest BCUT2D eigenvalue weighted by atomic mass is 10.3. The molecule has 1 saturated heterocycles. The maximum Gasteiger partial charge on any atom is 0.223 e. The summed E-state index contributed by atoms with van der Waals surface area (Å²) in [5.74, 6) is -0.553. The summed E-state index contributed by atoms with van der Waals surface area (Å²) in [6.07, 6.45) is -0.0144. The fourth-order valence-electron chi connectivity index (χ4n) is 2.50. The minimum absolute atomic E-state index is 0.0144. The van der Waals surface area contributed by atoms with Crippen LogP contribution in [0.5, 0.6) is 0 Å². The van der Waals surface area contributed by atoms with Crippen LogP contribution in [0.1, 0.15) is 13.3 Å². The van der Waals surface area contributed by atoms with Gasteiger partial charge in [0, 0.05) is 45.2 Å². The first kappa shape index (κ1) is 18.4. The maximum absolute atomic E-state index is 12.3. The van der Waals surface area contributed by atoms with Crippen molar-refractivity contribution in [3.63, 3.8) is 0 Å². The average Bonchev–Trinajstić information content (AvgIpc) is 2.53. The first-order valence-corrected chi connectivity index (χ1v) is 9.50. The Morgan fingerprint density at radius 3 is 2.21 bits per heavy atom. The van der Waals surface area contributed by atoms with Crippen molar-refractivity contribution >= 4 is 27.3 Å². The molecule has 0 unspecified atom stereocenters. The zero-order chi connectivity index (χ0) is 17.7. The molecular formula is C16H23N3O4S. The van der Waals surface area contributed by atoms with Crippen LogP contribution in [0.2, 0.25) is 0 Å². The van der Waals surface area contributed by atoms with Gasteiger partial charge in [0.1, 0.15) is 0 Å². The number of hydrogen-bond acceptors (Lipinski definition) is 5. The molecule has 2 rings (SSSR count). The molecule has 0 saturated carbocycles. The van der Waals surface area contributed by atoms with Crippen molar-refractivity contribution in [1.82, 2.24) is 9.80 Å². The van der Waals surface area contributed by atoms with Gasteiger partial charge in [-0.15, -0.1) is 0 Å². The number of carbonyl (C=O) groups excluding carboxylic acids is 2. The highest BCUT2D eigenvalue weighted by atomic mass is 32.2. The number of sulfone groups is 1. The molecule has 1 aromatic carbocycles. The van der Waals surface area contributed by atoms with E-state index in [-0.39, 0.29) is 28.9 Å². The summed E-state index contributed by atoms with van der Waals surface area (Å²) in [4.78, 5) is 27.1. The van der Waals surface area contributed by atoms with Crippen molar-refractivity contribution in [3.05, 3.63) is 24.3 Å². The van der Waals surface area contributed by atoms with Crippen LogP contribution in [0.4, 0.5) is 5.69 Å². The number of benzene rings is 1. The molecule has 1 aliphatic heterocycles. The van der Waals surface area contributed by atoms with Gasteiger partial charge in [-0.2, -0.15) is 0 Å². The Labute approximate surface area is 142 Å². The molecule has 1 aliphatic rings. The van der Waals surface area contributed by atoms with E-state index in [2.05, 4.69) is 10.2 Å². The Morgan fingerprint density at radius 1 is 1.08 bits per heavy atom. The zero-order valence-electron chi connectivity index (χ0n) is 14.0. The first-order valence-electron chi connectivity index (χ1n) is 7.85. The van der Waals surface area contributed by atoms with Crippen LogP contribution in [0.25, 0.3) is 0 Å². The van der Waals surface area contributed by atoms with Gasteiger partial charge in [0.2, 0.25) is 11.8 Å². The fraction of sp³-hybridized carbons (Fsp3) is 0.500. The summed E-state index contributed by atoms with van der Waals surface area (Å²) < 4.78 is 24.7. The normalized spacial score (nSPS) is 16.0. The van der Waals surface area contributed by atoms with E-state index in [9.17, 15) is 18.0 Å². The smallest absolute Gasteiger partial charge is 0.223 e. The summed E-state index contributed by atoms with van der Waals surface area (Å²) in [5, 5.41) is 2.58. The third kappa shape index (κ3) is 5.04. The SMILES string of the molecule is CC(=O)Nc1ccc(S(=O)(=O)CCC(=O)N2CCN(C)CC2)cc1. The number of carbonyl (C=O) groups is 2. The van der Waals surface area contributed by atoms with E-state index in [1.165, 1.54) is 31.2 Å². The first-order chi connectivity index (χ1) is 11.3. The minimum atomic E-state index is -3.52. The number of anilines is 1. The Bertz CT molecular complexity index is 693. The van der Waals surface area contributed by atoms with Crippen molar-refractivity contribution < 1.29 is 18.0 Å². The lowest BCUT2D eigenvalue weighted by Gasteiger charge is -2.32. The largest absolute Gasteiger partial charge is 0.340 e. The van der Waals surface area contributed by atoms with Crippen LogP contribution in [0, 0.1) is 0 Å². The number of rotatable bonds is 5. The summed E-state index contributed by atoms with van der Waals surface area (Å²) in [6, 6.07) is 5.97. The Balaban J connectivity index is 1.93. The molecule has 0 radical (unpaired) electrons. The molecule has 1 aromatic rings. The Kier molecular flexibility index (Phi) is 5.95. The summed E-state index contributed by atoms with van der Waals surface area (Å²) in [7, 11) is -1.52. The quantitative estimate of drug-likeness (QED) is 0.837. The van der Waals surface area contributed by atoms with Crippen molar-refractivity contribution in [2.75, 3.05) is 44.3 Å². The molecule has 7 nitrogen and oxygen atoms in total. The van der Waals surface area contributed by atoms with Gasteiger partial charge < -0.3 is 15.1 Å².